The summed E-state index contributed by atoms with van der Waals surface area (Å²) in [7, 11) is 1.46. The number of aliphatic imine (C=N–C) groups is 1. The topological polar surface area (TPSA) is 117 Å². The van der Waals surface area contributed by atoms with Gasteiger partial charge in [0.15, 0.2) is 17.3 Å². The van der Waals surface area contributed by atoms with Crippen molar-refractivity contribution in [2.45, 2.75) is 6.92 Å². The minimum atomic E-state index is -0.546. The molecule has 1 N–H and O–H groups in total. The van der Waals surface area contributed by atoms with Gasteiger partial charge in [-0.25, -0.2) is 4.79 Å². The summed E-state index contributed by atoms with van der Waals surface area (Å²) in [5, 5.41) is 15.3. The molecule has 0 bridgehead atoms. The number of hydrazone groups is 1. The number of rotatable bonds is 5. The number of ether oxygens (including phenoxy) is 2. The summed E-state index contributed by atoms with van der Waals surface area (Å²) in [6.07, 6.45) is 4.85. The number of thioether (sulfide) groups is 1. The maximum atomic E-state index is 12.7. The number of nitrogens with zero attached hydrogens (tertiary/aromatic N) is 4. The van der Waals surface area contributed by atoms with E-state index in [2.05, 4.69) is 15.1 Å². The predicted molar refractivity (Wildman–Crippen MR) is 137 cm³/mol. The molecule has 3 aromatic rings. The summed E-state index contributed by atoms with van der Waals surface area (Å²) in [4.78, 5) is 33.5. The molecule has 36 heavy (non-hydrogen) atoms. The van der Waals surface area contributed by atoms with Crippen LogP contribution in [0.4, 0.5) is 0 Å². The number of carbonyl (C=O) groups is 2. The maximum Gasteiger partial charge on any atom is 0.343 e. The lowest BCUT2D eigenvalue weighted by Gasteiger charge is -2.20. The van der Waals surface area contributed by atoms with Gasteiger partial charge in [0.1, 0.15) is 5.04 Å². The average Bonchev–Trinajstić information content (AvgIpc) is 3.32. The minimum Gasteiger partial charge on any atom is -0.493 e. The molecule has 1 amide bonds. The quantitative estimate of drug-likeness (QED) is 0.317. The third kappa shape index (κ3) is 4.53. The Balaban J connectivity index is 1.40. The molecule has 2 aliphatic heterocycles. The fraction of sp³-hybridized carbons (Fsp3) is 0.0769. The molecule has 0 aliphatic carbocycles. The number of nitrogens with one attached hydrogen (secondary N) is 1. The van der Waals surface area contributed by atoms with Gasteiger partial charge in [0.05, 0.1) is 18.2 Å². The summed E-state index contributed by atoms with van der Waals surface area (Å²) in [6.45, 7) is 1.89. The van der Waals surface area contributed by atoms with E-state index in [1.54, 1.807) is 54.9 Å². The summed E-state index contributed by atoms with van der Waals surface area (Å²) in [5.41, 5.74) is 2.77. The van der Waals surface area contributed by atoms with Crippen molar-refractivity contribution in [3.63, 3.8) is 0 Å². The molecule has 0 unspecified atom stereocenters. The molecule has 0 saturated carbocycles. The smallest absolute Gasteiger partial charge is 0.343 e. The van der Waals surface area contributed by atoms with Gasteiger partial charge in [-0.2, -0.15) is 15.1 Å². The van der Waals surface area contributed by atoms with Gasteiger partial charge in [0.25, 0.3) is 5.91 Å². The number of hydrogen-bond acceptors (Lipinski definition) is 8. The number of benzene rings is 2. The molecular formula is C26H19N5O4S. The molecule has 1 aromatic heterocycles. The number of aryl methyl sites for hydroxylation is 1. The van der Waals surface area contributed by atoms with Crippen LogP contribution < -0.4 is 9.47 Å². The van der Waals surface area contributed by atoms with Gasteiger partial charge >= 0.3 is 5.97 Å². The molecule has 2 aliphatic rings. The Hall–Kier alpha value is -4.57. The van der Waals surface area contributed by atoms with Gasteiger partial charge in [0.2, 0.25) is 5.17 Å². The van der Waals surface area contributed by atoms with Crippen molar-refractivity contribution in [1.82, 2.24) is 9.99 Å². The van der Waals surface area contributed by atoms with Crippen LogP contribution in [0.3, 0.4) is 0 Å². The van der Waals surface area contributed by atoms with Crippen molar-refractivity contribution in [2.75, 3.05) is 7.11 Å². The summed E-state index contributed by atoms with van der Waals surface area (Å²) >= 11 is 1.20. The van der Waals surface area contributed by atoms with Crippen LogP contribution in [-0.2, 0) is 4.79 Å². The van der Waals surface area contributed by atoms with Crippen molar-refractivity contribution in [3.8, 4) is 11.5 Å². The predicted octanol–water partition coefficient (Wildman–Crippen LogP) is 4.29. The molecule has 3 heterocycles. The lowest BCUT2D eigenvalue weighted by molar-refractivity contribution is -0.114. The van der Waals surface area contributed by atoms with Gasteiger partial charge in [0, 0.05) is 18.0 Å². The number of carbonyl (C=O) groups excluding carboxylic acids is 2. The van der Waals surface area contributed by atoms with Crippen molar-refractivity contribution in [1.29, 1.82) is 5.41 Å². The Morgan fingerprint density at radius 2 is 1.97 bits per heavy atom. The Bertz CT molecular complexity index is 1500. The molecule has 0 saturated heterocycles. The van der Waals surface area contributed by atoms with E-state index in [0.717, 1.165) is 11.1 Å². The Kier molecular flexibility index (Phi) is 6.17. The van der Waals surface area contributed by atoms with E-state index >= 15 is 0 Å². The van der Waals surface area contributed by atoms with E-state index < -0.39 is 11.9 Å². The summed E-state index contributed by atoms with van der Waals surface area (Å²) in [6, 6.07) is 15.6. The first-order valence-corrected chi connectivity index (χ1v) is 11.6. The van der Waals surface area contributed by atoms with Gasteiger partial charge in [-0.15, -0.1) is 0 Å². The van der Waals surface area contributed by atoms with Crippen LogP contribution in [-0.4, -0.2) is 45.0 Å². The molecule has 0 atom stereocenters. The zero-order chi connectivity index (χ0) is 25.2. The highest BCUT2D eigenvalue weighted by molar-refractivity contribution is 8.27. The first kappa shape index (κ1) is 23.2. The van der Waals surface area contributed by atoms with E-state index in [4.69, 9.17) is 14.9 Å². The Labute approximate surface area is 210 Å². The number of fused-ring (bicyclic) bond motifs is 1. The SMILES string of the molecule is COc1cc(C=C2C(=N)N3N=C(c4cccnc4)SC3=NC2=O)ccc1OC(=O)c1cccc(C)c1. The van der Waals surface area contributed by atoms with Crippen LogP contribution in [0.1, 0.15) is 27.0 Å². The molecule has 0 spiro atoms. The van der Waals surface area contributed by atoms with Crippen molar-refractivity contribution >= 4 is 45.8 Å². The number of hydrogen-bond donors (Lipinski definition) is 1. The number of pyridine rings is 1. The van der Waals surface area contributed by atoms with E-state index in [-0.39, 0.29) is 17.2 Å². The summed E-state index contributed by atoms with van der Waals surface area (Å²) < 4.78 is 10.9. The van der Waals surface area contributed by atoms with Crippen LogP contribution in [0, 0.1) is 12.3 Å². The highest BCUT2D eigenvalue weighted by Gasteiger charge is 2.36. The molecule has 10 heteroatoms. The molecular weight excluding hydrogens is 478 g/mol. The number of amidine groups is 2. The maximum absolute atomic E-state index is 12.7. The van der Waals surface area contributed by atoms with Crippen molar-refractivity contribution < 1.29 is 19.1 Å². The normalized spacial score (nSPS) is 15.9. The molecule has 178 valence electrons. The second-order valence-electron chi connectivity index (χ2n) is 7.84. The highest BCUT2D eigenvalue weighted by atomic mass is 32.2. The number of esters is 1. The molecule has 0 radical (unpaired) electrons. The van der Waals surface area contributed by atoms with Crippen LogP contribution in [0.5, 0.6) is 11.5 Å². The van der Waals surface area contributed by atoms with E-state index in [9.17, 15) is 9.59 Å². The van der Waals surface area contributed by atoms with Gasteiger partial charge in [-0.3, -0.25) is 15.2 Å². The standard InChI is InChI=1S/C26H19N5O4S/c1-15-5-3-6-17(11-15)25(33)35-20-9-8-16(13-21(20)34-2)12-19-22(27)31-26(29-23(19)32)36-24(30-31)18-7-4-10-28-14-18/h3-14,27H,1-2H3. The van der Waals surface area contributed by atoms with Crippen LogP contribution in [0.25, 0.3) is 6.08 Å². The van der Waals surface area contributed by atoms with Crippen LogP contribution in [0.15, 0.2) is 82.7 Å². The lowest BCUT2D eigenvalue weighted by atomic mass is 10.1. The Morgan fingerprint density at radius 1 is 1.11 bits per heavy atom. The van der Waals surface area contributed by atoms with Gasteiger partial charge in [-0.05, 0) is 66.7 Å². The fourth-order valence-electron chi connectivity index (χ4n) is 3.55. The number of amides is 1. The van der Waals surface area contributed by atoms with Crippen molar-refractivity contribution in [3.05, 3.63) is 94.8 Å². The largest absolute Gasteiger partial charge is 0.493 e. The second kappa shape index (κ2) is 9.59. The highest BCUT2D eigenvalue weighted by Crippen LogP contribution is 2.33. The first-order valence-electron chi connectivity index (χ1n) is 10.8. The fourth-order valence-corrected chi connectivity index (χ4v) is 4.43. The first-order chi connectivity index (χ1) is 17.4. The van der Waals surface area contributed by atoms with Gasteiger partial charge < -0.3 is 9.47 Å². The van der Waals surface area contributed by atoms with Crippen LogP contribution >= 0.6 is 11.8 Å². The van der Waals surface area contributed by atoms with E-state index in [1.165, 1.54) is 30.0 Å². The van der Waals surface area contributed by atoms with Gasteiger partial charge in [-0.1, -0.05) is 23.8 Å². The molecule has 9 nitrogen and oxygen atoms in total. The molecule has 5 rings (SSSR count). The van der Waals surface area contributed by atoms with Crippen LogP contribution in [0.2, 0.25) is 0 Å². The summed E-state index contributed by atoms with van der Waals surface area (Å²) in [5.74, 6) is -0.611. The number of aromatic nitrogens is 1. The molecule has 2 aromatic carbocycles. The zero-order valence-electron chi connectivity index (χ0n) is 19.3. The molecule has 0 fully saturated rings. The number of methoxy groups -OCH3 is 1. The third-order valence-corrected chi connectivity index (χ3v) is 6.28. The minimum absolute atomic E-state index is 0.0714. The van der Waals surface area contributed by atoms with E-state index in [1.807, 2.05) is 19.1 Å². The second-order valence-corrected chi connectivity index (χ2v) is 8.79. The third-order valence-electron chi connectivity index (χ3n) is 5.32. The zero-order valence-corrected chi connectivity index (χ0v) is 20.1. The average molecular weight is 498 g/mol. The van der Waals surface area contributed by atoms with Crippen molar-refractivity contribution in [2.24, 2.45) is 10.1 Å². The Morgan fingerprint density at radius 3 is 2.72 bits per heavy atom. The van der Waals surface area contributed by atoms with E-state index in [0.29, 0.717) is 27.1 Å². The lowest BCUT2D eigenvalue weighted by Crippen LogP contribution is -2.35. The monoisotopic (exact) mass is 497 g/mol.